The predicted octanol–water partition coefficient (Wildman–Crippen LogP) is 0.797. The van der Waals surface area contributed by atoms with E-state index in [1.165, 1.54) is 6.29 Å². The number of ketones is 1. The Labute approximate surface area is 53.9 Å². The van der Waals surface area contributed by atoms with E-state index in [9.17, 15) is 9.59 Å². The van der Waals surface area contributed by atoms with Crippen LogP contribution in [0.15, 0.2) is 24.3 Å². The quantitative estimate of drug-likeness (QED) is 0.520. The SMILES string of the molecule is C=C(C)C(=O)C=C[C]=O. The normalized spacial score (nSPS) is 9.44. The molecule has 0 aromatic carbocycles. The van der Waals surface area contributed by atoms with E-state index in [1.807, 2.05) is 0 Å². The zero-order chi connectivity index (χ0) is 7.28. The summed E-state index contributed by atoms with van der Waals surface area (Å²) in [5.74, 6) is -0.238. The summed E-state index contributed by atoms with van der Waals surface area (Å²) in [6, 6.07) is 0. The maximum atomic E-state index is 10.5. The molecule has 9 heavy (non-hydrogen) atoms. The molecule has 0 aliphatic carbocycles. The average Bonchev–Trinajstić information content (AvgIpc) is 1.82. The smallest absolute Gasteiger partial charge is 0.225 e. The molecule has 0 saturated carbocycles. The molecular weight excluding hydrogens is 116 g/mol. The minimum absolute atomic E-state index is 0.238. The lowest BCUT2D eigenvalue weighted by atomic mass is 10.2. The molecule has 0 aliphatic rings. The first kappa shape index (κ1) is 7.82. The number of carbonyl (C=O) groups is 1. The van der Waals surface area contributed by atoms with Crippen molar-refractivity contribution in [2.45, 2.75) is 6.92 Å². The molecule has 2 heteroatoms. The van der Waals surface area contributed by atoms with Crippen LogP contribution in [0.5, 0.6) is 0 Å². The summed E-state index contributed by atoms with van der Waals surface area (Å²) in [6.07, 6.45) is 3.62. The standard InChI is InChI=1S/C7H7O2/c1-6(2)7(9)4-3-5-8/h3-4H,1H2,2H3. The van der Waals surface area contributed by atoms with Crippen LogP contribution in [-0.4, -0.2) is 12.1 Å². The molecule has 0 aromatic heterocycles. The second kappa shape index (κ2) is 3.78. The van der Waals surface area contributed by atoms with Gasteiger partial charge >= 0.3 is 0 Å². The highest BCUT2D eigenvalue weighted by molar-refractivity contribution is 6.04. The molecular formula is C7H7O2. The van der Waals surface area contributed by atoms with E-state index >= 15 is 0 Å². The van der Waals surface area contributed by atoms with Gasteiger partial charge in [0.1, 0.15) is 0 Å². The highest BCUT2D eigenvalue weighted by atomic mass is 16.1. The highest BCUT2D eigenvalue weighted by Crippen LogP contribution is 1.89. The van der Waals surface area contributed by atoms with E-state index in [1.54, 1.807) is 6.92 Å². The maximum absolute atomic E-state index is 10.5. The molecule has 1 radical (unpaired) electrons. The van der Waals surface area contributed by atoms with Crippen molar-refractivity contribution in [1.82, 2.24) is 0 Å². The van der Waals surface area contributed by atoms with Crippen molar-refractivity contribution in [1.29, 1.82) is 0 Å². The van der Waals surface area contributed by atoms with Crippen molar-refractivity contribution in [3.05, 3.63) is 24.3 Å². The topological polar surface area (TPSA) is 34.1 Å². The van der Waals surface area contributed by atoms with Crippen LogP contribution in [0.2, 0.25) is 0 Å². The molecule has 47 valence electrons. The molecule has 0 aliphatic heterocycles. The molecule has 0 rings (SSSR count). The van der Waals surface area contributed by atoms with Crippen LogP contribution < -0.4 is 0 Å². The molecule has 0 N–H and O–H groups in total. The van der Waals surface area contributed by atoms with Gasteiger partial charge in [0.2, 0.25) is 6.29 Å². The minimum Gasteiger partial charge on any atom is -0.290 e. The predicted molar refractivity (Wildman–Crippen MR) is 34.7 cm³/mol. The maximum Gasteiger partial charge on any atom is 0.225 e. The number of rotatable bonds is 3. The van der Waals surface area contributed by atoms with Gasteiger partial charge in [-0.05, 0) is 24.6 Å². The monoisotopic (exact) mass is 123 g/mol. The molecule has 0 aromatic rings. The van der Waals surface area contributed by atoms with Gasteiger partial charge in [-0.3, -0.25) is 9.59 Å². The number of hydrogen-bond acceptors (Lipinski definition) is 2. The highest BCUT2D eigenvalue weighted by Gasteiger charge is 1.92. The van der Waals surface area contributed by atoms with Gasteiger partial charge in [-0.2, -0.15) is 0 Å². The Morgan fingerprint density at radius 3 is 2.56 bits per heavy atom. The van der Waals surface area contributed by atoms with Crippen LogP contribution >= 0.6 is 0 Å². The fraction of sp³-hybridized carbons (Fsp3) is 0.143. The molecule has 0 unspecified atom stereocenters. The molecule has 0 spiro atoms. The fourth-order valence-electron chi connectivity index (χ4n) is 0.252. The molecule has 0 bridgehead atoms. The Kier molecular flexibility index (Phi) is 3.28. The van der Waals surface area contributed by atoms with Gasteiger partial charge in [-0.15, -0.1) is 0 Å². The molecule has 0 fully saturated rings. The van der Waals surface area contributed by atoms with Gasteiger partial charge in [0.15, 0.2) is 5.78 Å². The molecule has 0 heterocycles. The minimum atomic E-state index is -0.238. The summed E-state index contributed by atoms with van der Waals surface area (Å²) in [6.45, 7) is 4.96. The van der Waals surface area contributed by atoms with E-state index in [4.69, 9.17) is 0 Å². The van der Waals surface area contributed by atoms with Crippen molar-refractivity contribution < 1.29 is 9.59 Å². The van der Waals surface area contributed by atoms with Gasteiger partial charge in [-0.1, -0.05) is 6.58 Å². The summed E-state index contributed by atoms with van der Waals surface area (Å²) in [5.41, 5.74) is 0.418. The third-order valence-electron chi connectivity index (χ3n) is 0.723. The summed E-state index contributed by atoms with van der Waals surface area (Å²) < 4.78 is 0. The van der Waals surface area contributed by atoms with Gasteiger partial charge in [0.25, 0.3) is 0 Å². The van der Waals surface area contributed by atoms with Gasteiger partial charge in [-0.25, -0.2) is 0 Å². The van der Waals surface area contributed by atoms with E-state index in [0.717, 1.165) is 12.2 Å². The van der Waals surface area contributed by atoms with Crippen LogP contribution in [0.25, 0.3) is 0 Å². The van der Waals surface area contributed by atoms with Crippen LogP contribution in [0.4, 0.5) is 0 Å². The molecule has 0 amide bonds. The summed E-state index contributed by atoms with van der Waals surface area (Å²) in [4.78, 5) is 20.1. The second-order valence-corrected chi connectivity index (χ2v) is 1.60. The van der Waals surface area contributed by atoms with Crippen molar-refractivity contribution in [3.63, 3.8) is 0 Å². The summed E-state index contributed by atoms with van der Waals surface area (Å²) >= 11 is 0. The van der Waals surface area contributed by atoms with E-state index in [2.05, 4.69) is 6.58 Å². The first-order chi connectivity index (χ1) is 4.18. The van der Waals surface area contributed by atoms with Crippen LogP contribution in [0.1, 0.15) is 6.92 Å². The van der Waals surface area contributed by atoms with Crippen molar-refractivity contribution >= 4 is 12.1 Å². The van der Waals surface area contributed by atoms with Crippen LogP contribution in [0.3, 0.4) is 0 Å². The molecule has 0 saturated heterocycles. The van der Waals surface area contributed by atoms with Crippen molar-refractivity contribution in [3.8, 4) is 0 Å². The number of carbonyl (C=O) groups excluding carboxylic acids is 2. The third-order valence-corrected chi connectivity index (χ3v) is 0.723. The Morgan fingerprint density at radius 1 is 1.67 bits per heavy atom. The zero-order valence-electron chi connectivity index (χ0n) is 5.18. The lowest BCUT2D eigenvalue weighted by Crippen LogP contribution is -1.91. The third kappa shape index (κ3) is 3.41. The molecule has 2 nitrogen and oxygen atoms in total. The Bertz CT molecular complexity index is 166. The largest absolute Gasteiger partial charge is 0.290 e. The van der Waals surface area contributed by atoms with Gasteiger partial charge < -0.3 is 0 Å². The van der Waals surface area contributed by atoms with E-state index < -0.39 is 0 Å². The van der Waals surface area contributed by atoms with Crippen molar-refractivity contribution in [2.75, 3.05) is 0 Å². The Hall–Kier alpha value is -1.18. The van der Waals surface area contributed by atoms with Gasteiger partial charge in [0, 0.05) is 0 Å². The van der Waals surface area contributed by atoms with E-state index in [-0.39, 0.29) is 5.78 Å². The summed E-state index contributed by atoms with van der Waals surface area (Å²) in [7, 11) is 0. The van der Waals surface area contributed by atoms with Gasteiger partial charge in [0.05, 0.1) is 0 Å². The van der Waals surface area contributed by atoms with Crippen molar-refractivity contribution in [2.24, 2.45) is 0 Å². The molecule has 0 atom stereocenters. The first-order valence-electron chi connectivity index (χ1n) is 2.42. The van der Waals surface area contributed by atoms with Crippen LogP contribution in [-0.2, 0) is 9.59 Å². The summed E-state index contributed by atoms with van der Waals surface area (Å²) in [5, 5.41) is 0. The number of allylic oxidation sites excluding steroid dienone is 3. The second-order valence-electron chi connectivity index (χ2n) is 1.60. The zero-order valence-corrected chi connectivity index (χ0v) is 5.18. The number of hydrogen-bond donors (Lipinski definition) is 0. The lowest BCUT2D eigenvalue weighted by molar-refractivity contribution is -0.111. The lowest BCUT2D eigenvalue weighted by Gasteiger charge is -1.84. The fourth-order valence-corrected chi connectivity index (χ4v) is 0.252. The van der Waals surface area contributed by atoms with Crippen LogP contribution in [0, 0.1) is 0 Å². The van der Waals surface area contributed by atoms with E-state index in [0.29, 0.717) is 5.57 Å². The first-order valence-corrected chi connectivity index (χ1v) is 2.42. The average molecular weight is 123 g/mol. The Morgan fingerprint density at radius 2 is 2.22 bits per heavy atom. The Balaban J connectivity index is 3.92.